The van der Waals surface area contributed by atoms with Gasteiger partial charge in [0.15, 0.2) is 11.4 Å². The highest BCUT2D eigenvalue weighted by molar-refractivity contribution is 7.10. The van der Waals surface area contributed by atoms with E-state index in [1.54, 1.807) is 12.1 Å². The number of nitrogens with zero attached hydrogens (tertiary/aromatic N) is 3. The Bertz CT molecular complexity index is 967. The fraction of sp³-hybridized carbons (Fsp3) is 0.389. The monoisotopic (exact) mass is 406 g/mol. The molecule has 9 nitrogen and oxygen atoms in total. The van der Waals surface area contributed by atoms with Gasteiger partial charge in [0, 0.05) is 31.8 Å². The SMILES string of the molecule is COCCN1CN(C)n2cc(C(=O)NCc3sccc3C)c(=O)c(O)c2C1=O. The number of aromatic hydroxyl groups is 1. The van der Waals surface area contributed by atoms with Crippen LogP contribution in [0.5, 0.6) is 5.75 Å². The van der Waals surface area contributed by atoms with Crippen LogP contribution in [0.15, 0.2) is 22.4 Å². The lowest BCUT2D eigenvalue weighted by molar-refractivity contribution is 0.0629. The summed E-state index contributed by atoms with van der Waals surface area (Å²) in [5.74, 6) is -1.84. The first-order valence-electron chi connectivity index (χ1n) is 8.64. The summed E-state index contributed by atoms with van der Waals surface area (Å²) in [6.07, 6.45) is 1.29. The molecule has 0 spiro atoms. The van der Waals surface area contributed by atoms with Crippen LogP contribution in [0.25, 0.3) is 0 Å². The molecule has 3 rings (SSSR count). The molecule has 0 aromatic carbocycles. The van der Waals surface area contributed by atoms with E-state index in [4.69, 9.17) is 4.74 Å². The molecule has 28 heavy (non-hydrogen) atoms. The van der Waals surface area contributed by atoms with Gasteiger partial charge in [-0.15, -0.1) is 11.3 Å². The van der Waals surface area contributed by atoms with Crippen LogP contribution in [0, 0.1) is 6.92 Å². The molecule has 0 radical (unpaired) electrons. The van der Waals surface area contributed by atoms with Crippen LogP contribution in [0.3, 0.4) is 0 Å². The Hall–Kier alpha value is -2.85. The predicted octanol–water partition coefficient (Wildman–Crippen LogP) is 0.481. The first-order valence-corrected chi connectivity index (χ1v) is 9.52. The van der Waals surface area contributed by atoms with Crippen LogP contribution in [-0.2, 0) is 11.3 Å². The minimum absolute atomic E-state index is 0.166. The van der Waals surface area contributed by atoms with E-state index in [9.17, 15) is 19.5 Å². The number of aryl methyl sites for hydroxylation is 1. The van der Waals surface area contributed by atoms with Gasteiger partial charge in [0.05, 0.1) is 13.2 Å². The molecule has 1 aliphatic heterocycles. The second kappa shape index (κ2) is 8.03. The number of fused-ring (bicyclic) bond motifs is 1. The van der Waals surface area contributed by atoms with Crippen molar-refractivity contribution in [3.8, 4) is 5.75 Å². The predicted molar refractivity (Wildman–Crippen MR) is 105 cm³/mol. The van der Waals surface area contributed by atoms with Crippen molar-refractivity contribution in [2.45, 2.75) is 13.5 Å². The second-order valence-corrected chi connectivity index (χ2v) is 7.48. The van der Waals surface area contributed by atoms with E-state index in [0.717, 1.165) is 10.4 Å². The van der Waals surface area contributed by atoms with E-state index in [-0.39, 0.29) is 24.5 Å². The molecule has 0 fully saturated rings. The Balaban J connectivity index is 1.90. The first-order chi connectivity index (χ1) is 13.3. The molecule has 0 saturated heterocycles. The van der Waals surface area contributed by atoms with Crippen LogP contribution in [0.4, 0.5) is 0 Å². The molecule has 0 aliphatic carbocycles. The molecule has 1 aliphatic rings. The highest BCUT2D eigenvalue weighted by Crippen LogP contribution is 2.21. The van der Waals surface area contributed by atoms with Crippen LogP contribution < -0.4 is 15.8 Å². The standard InChI is InChI=1S/C18H22N4O5S/c1-11-4-7-28-13(11)8-19-17(25)12-9-22-14(16(24)15(12)23)18(26)21(5-6-27-3)10-20(22)2/h4,7,9,24H,5-6,8,10H2,1-3H3,(H,19,25). The van der Waals surface area contributed by atoms with Crippen molar-refractivity contribution in [1.29, 1.82) is 0 Å². The molecule has 3 heterocycles. The first kappa shape index (κ1) is 19.9. The number of hydrogen-bond acceptors (Lipinski definition) is 7. The minimum atomic E-state index is -0.873. The van der Waals surface area contributed by atoms with E-state index in [2.05, 4.69) is 5.32 Å². The summed E-state index contributed by atoms with van der Waals surface area (Å²) in [4.78, 5) is 40.2. The van der Waals surface area contributed by atoms with Gasteiger partial charge in [-0.1, -0.05) is 0 Å². The van der Waals surface area contributed by atoms with Gasteiger partial charge in [-0.3, -0.25) is 24.1 Å². The van der Waals surface area contributed by atoms with Gasteiger partial charge in [0.1, 0.15) is 12.2 Å². The lowest BCUT2D eigenvalue weighted by Gasteiger charge is -2.37. The maximum absolute atomic E-state index is 12.7. The van der Waals surface area contributed by atoms with Crippen molar-refractivity contribution >= 4 is 23.2 Å². The third kappa shape index (κ3) is 3.60. The summed E-state index contributed by atoms with van der Waals surface area (Å²) in [6.45, 7) is 3.09. The van der Waals surface area contributed by atoms with E-state index in [0.29, 0.717) is 13.2 Å². The van der Waals surface area contributed by atoms with Crippen LogP contribution in [0.1, 0.15) is 31.3 Å². The molecule has 10 heteroatoms. The number of hydrogen-bond donors (Lipinski definition) is 2. The van der Waals surface area contributed by atoms with Gasteiger partial charge in [0.2, 0.25) is 5.43 Å². The molecule has 2 aromatic rings. The molecule has 2 N–H and O–H groups in total. The number of pyridine rings is 1. The fourth-order valence-corrected chi connectivity index (χ4v) is 3.81. The Morgan fingerprint density at radius 3 is 2.79 bits per heavy atom. The number of aromatic nitrogens is 1. The van der Waals surface area contributed by atoms with Gasteiger partial charge < -0.3 is 20.1 Å². The van der Waals surface area contributed by atoms with Crippen molar-refractivity contribution in [3.05, 3.63) is 49.6 Å². The van der Waals surface area contributed by atoms with Crippen molar-refractivity contribution in [2.24, 2.45) is 0 Å². The van der Waals surface area contributed by atoms with Gasteiger partial charge >= 0.3 is 0 Å². The molecule has 0 saturated carbocycles. The lowest BCUT2D eigenvalue weighted by atomic mass is 10.1. The number of carbonyl (C=O) groups is 2. The largest absolute Gasteiger partial charge is 0.502 e. The maximum Gasteiger partial charge on any atom is 0.277 e. The Morgan fingerprint density at radius 2 is 2.14 bits per heavy atom. The smallest absolute Gasteiger partial charge is 0.277 e. The topological polar surface area (TPSA) is 104 Å². The number of rotatable bonds is 6. The summed E-state index contributed by atoms with van der Waals surface area (Å²) in [7, 11) is 3.22. The molecule has 150 valence electrons. The van der Waals surface area contributed by atoms with Gasteiger partial charge in [-0.05, 0) is 23.9 Å². The van der Waals surface area contributed by atoms with Crippen molar-refractivity contribution in [1.82, 2.24) is 14.9 Å². The molecule has 2 aromatic heterocycles. The Labute approximate surface area is 165 Å². The van der Waals surface area contributed by atoms with E-state index >= 15 is 0 Å². The van der Waals surface area contributed by atoms with E-state index in [1.165, 1.54) is 34.2 Å². The number of nitrogens with one attached hydrogen (secondary N) is 1. The second-order valence-electron chi connectivity index (χ2n) is 6.48. The number of methoxy groups -OCH3 is 1. The summed E-state index contributed by atoms with van der Waals surface area (Å²) in [5.41, 5.74) is -0.209. The summed E-state index contributed by atoms with van der Waals surface area (Å²) in [6, 6.07) is 1.95. The maximum atomic E-state index is 12.7. The minimum Gasteiger partial charge on any atom is -0.502 e. The van der Waals surface area contributed by atoms with Crippen molar-refractivity contribution < 1.29 is 19.4 Å². The normalized spacial score (nSPS) is 13.6. The van der Waals surface area contributed by atoms with Crippen molar-refractivity contribution in [2.75, 3.05) is 39.0 Å². The zero-order chi connectivity index (χ0) is 20.4. The zero-order valence-electron chi connectivity index (χ0n) is 15.9. The Morgan fingerprint density at radius 1 is 1.39 bits per heavy atom. The van der Waals surface area contributed by atoms with Crippen molar-refractivity contribution in [3.63, 3.8) is 0 Å². The van der Waals surface area contributed by atoms with Gasteiger partial charge in [0.25, 0.3) is 11.8 Å². The third-order valence-electron chi connectivity index (χ3n) is 4.59. The van der Waals surface area contributed by atoms with Crippen LogP contribution in [-0.4, -0.2) is 60.5 Å². The average molecular weight is 406 g/mol. The summed E-state index contributed by atoms with van der Waals surface area (Å²) >= 11 is 1.51. The van der Waals surface area contributed by atoms with Gasteiger partial charge in [-0.2, -0.15) is 0 Å². The third-order valence-corrected chi connectivity index (χ3v) is 5.61. The van der Waals surface area contributed by atoms with E-state index < -0.39 is 23.0 Å². The molecule has 0 bridgehead atoms. The number of amides is 2. The molecule has 2 amide bonds. The zero-order valence-corrected chi connectivity index (χ0v) is 16.7. The highest BCUT2D eigenvalue weighted by Gasteiger charge is 2.32. The van der Waals surface area contributed by atoms with E-state index in [1.807, 2.05) is 18.4 Å². The Kier molecular flexibility index (Phi) is 5.71. The summed E-state index contributed by atoms with van der Waals surface area (Å²) < 4.78 is 6.33. The fourth-order valence-electron chi connectivity index (χ4n) is 2.96. The molecule has 0 atom stereocenters. The quantitative estimate of drug-likeness (QED) is 0.723. The average Bonchev–Trinajstić information content (AvgIpc) is 3.08. The number of ether oxygens (including phenoxy) is 1. The summed E-state index contributed by atoms with van der Waals surface area (Å²) in [5, 5.41) is 16.6. The van der Waals surface area contributed by atoms with Crippen LogP contribution in [0.2, 0.25) is 0 Å². The number of carbonyl (C=O) groups excluding carboxylic acids is 2. The molecule has 0 unspecified atom stereocenters. The van der Waals surface area contributed by atoms with Gasteiger partial charge in [-0.25, -0.2) is 0 Å². The van der Waals surface area contributed by atoms with Crippen LogP contribution >= 0.6 is 11.3 Å². The highest BCUT2D eigenvalue weighted by atomic mass is 32.1. The lowest BCUT2D eigenvalue weighted by Crippen LogP contribution is -2.53. The molecular formula is C18H22N4O5S. The number of thiophene rings is 1. The molecular weight excluding hydrogens is 384 g/mol.